The summed E-state index contributed by atoms with van der Waals surface area (Å²) in [5, 5.41) is 13.5. The van der Waals surface area contributed by atoms with Crippen molar-refractivity contribution >= 4 is 11.5 Å². The third-order valence-corrected chi connectivity index (χ3v) is 1.95. The predicted molar refractivity (Wildman–Crippen MR) is 59.0 cm³/mol. The van der Waals surface area contributed by atoms with Gasteiger partial charge in [-0.05, 0) is 12.3 Å². The zero-order valence-corrected chi connectivity index (χ0v) is 9.15. The highest BCUT2D eigenvalue weighted by atomic mass is 16.6. The average molecular weight is 209 g/mol. The van der Waals surface area contributed by atoms with E-state index in [1.54, 1.807) is 7.05 Å². The third kappa shape index (κ3) is 3.19. The van der Waals surface area contributed by atoms with Crippen LogP contribution in [0.4, 0.5) is 11.5 Å². The topological polar surface area (TPSA) is 68.1 Å². The number of rotatable bonds is 4. The molecule has 82 valence electrons. The summed E-state index contributed by atoms with van der Waals surface area (Å²) in [6, 6.07) is 2.96. The van der Waals surface area contributed by atoms with Crippen molar-refractivity contribution in [3.63, 3.8) is 0 Å². The fourth-order valence-corrected chi connectivity index (χ4v) is 1.33. The molecule has 0 bridgehead atoms. The first-order valence-corrected chi connectivity index (χ1v) is 4.86. The summed E-state index contributed by atoms with van der Waals surface area (Å²) in [5.41, 5.74) is 0.841. The molecule has 1 aromatic heterocycles. The minimum atomic E-state index is -0.396. The summed E-state index contributed by atoms with van der Waals surface area (Å²) in [5.74, 6) is 0.976. The van der Waals surface area contributed by atoms with Gasteiger partial charge in [-0.1, -0.05) is 13.8 Å². The standard InChI is InChI=1S/C10H15N3O2/c1-7(2)4-8-5-9(13(14)15)6-10(11-3)12-8/h5-7H,4H2,1-3H3,(H,11,12). The maximum absolute atomic E-state index is 10.7. The number of hydrogen-bond donors (Lipinski definition) is 1. The van der Waals surface area contributed by atoms with E-state index in [2.05, 4.69) is 24.1 Å². The highest BCUT2D eigenvalue weighted by Gasteiger charge is 2.11. The Bertz CT molecular complexity index is 364. The van der Waals surface area contributed by atoms with E-state index in [1.807, 2.05) is 0 Å². The molecule has 0 aliphatic heterocycles. The first kappa shape index (κ1) is 11.4. The number of anilines is 1. The van der Waals surface area contributed by atoms with Crippen LogP contribution in [0.2, 0.25) is 0 Å². The van der Waals surface area contributed by atoms with Crippen molar-refractivity contribution in [1.82, 2.24) is 4.98 Å². The van der Waals surface area contributed by atoms with E-state index in [0.29, 0.717) is 11.7 Å². The van der Waals surface area contributed by atoms with Crippen molar-refractivity contribution in [3.05, 3.63) is 27.9 Å². The van der Waals surface area contributed by atoms with Crippen LogP contribution in [0.25, 0.3) is 0 Å². The molecule has 0 amide bonds. The van der Waals surface area contributed by atoms with Gasteiger partial charge in [0.15, 0.2) is 0 Å². The van der Waals surface area contributed by atoms with Crippen LogP contribution in [0.3, 0.4) is 0 Å². The number of hydrogen-bond acceptors (Lipinski definition) is 4. The Morgan fingerprint density at radius 1 is 1.53 bits per heavy atom. The first-order chi connectivity index (χ1) is 7.02. The van der Waals surface area contributed by atoms with Gasteiger partial charge in [0.05, 0.1) is 11.0 Å². The smallest absolute Gasteiger partial charge is 0.274 e. The Labute approximate surface area is 88.7 Å². The molecule has 15 heavy (non-hydrogen) atoms. The molecule has 0 unspecified atom stereocenters. The van der Waals surface area contributed by atoms with Gasteiger partial charge in [-0.3, -0.25) is 10.1 Å². The van der Waals surface area contributed by atoms with Crippen molar-refractivity contribution in [2.45, 2.75) is 20.3 Å². The lowest BCUT2D eigenvalue weighted by Gasteiger charge is -2.06. The highest BCUT2D eigenvalue weighted by Crippen LogP contribution is 2.19. The zero-order valence-electron chi connectivity index (χ0n) is 9.15. The predicted octanol–water partition coefficient (Wildman–Crippen LogP) is 2.23. The lowest BCUT2D eigenvalue weighted by atomic mass is 10.1. The molecule has 5 nitrogen and oxygen atoms in total. The van der Waals surface area contributed by atoms with E-state index < -0.39 is 4.92 Å². The number of nitrogens with one attached hydrogen (secondary N) is 1. The summed E-state index contributed by atoms with van der Waals surface area (Å²) >= 11 is 0. The Balaban J connectivity index is 3.05. The van der Waals surface area contributed by atoms with Gasteiger partial charge in [-0.2, -0.15) is 0 Å². The molecule has 1 N–H and O–H groups in total. The molecule has 0 radical (unpaired) electrons. The molecule has 0 aliphatic carbocycles. The molecule has 0 saturated carbocycles. The fourth-order valence-electron chi connectivity index (χ4n) is 1.33. The molecule has 0 atom stereocenters. The average Bonchev–Trinajstić information content (AvgIpc) is 2.16. The Hall–Kier alpha value is -1.65. The Kier molecular flexibility index (Phi) is 3.60. The number of aromatic nitrogens is 1. The maximum atomic E-state index is 10.7. The lowest BCUT2D eigenvalue weighted by Crippen LogP contribution is -2.02. The van der Waals surface area contributed by atoms with E-state index in [1.165, 1.54) is 12.1 Å². The molecule has 0 fully saturated rings. The molecule has 0 saturated heterocycles. The van der Waals surface area contributed by atoms with Gasteiger partial charge in [0, 0.05) is 18.8 Å². The largest absolute Gasteiger partial charge is 0.373 e. The summed E-state index contributed by atoms with van der Waals surface area (Å²) in [6.07, 6.45) is 0.746. The molecule has 5 heteroatoms. The van der Waals surface area contributed by atoms with Crippen molar-refractivity contribution in [2.75, 3.05) is 12.4 Å². The van der Waals surface area contributed by atoms with Gasteiger partial charge in [-0.25, -0.2) is 4.98 Å². The van der Waals surface area contributed by atoms with Gasteiger partial charge in [0.1, 0.15) is 5.82 Å². The van der Waals surface area contributed by atoms with E-state index in [9.17, 15) is 10.1 Å². The van der Waals surface area contributed by atoms with Crippen LogP contribution in [-0.4, -0.2) is 17.0 Å². The summed E-state index contributed by atoms with van der Waals surface area (Å²) in [6.45, 7) is 4.11. The normalized spacial score (nSPS) is 10.4. The fraction of sp³-hybridized carbons (Fsp3) is 0.500. The van der Waals surface area contributed by atoms with Crippen LogP contribution in [0.15, 0.2) is 12.1 Å². The van der Waals surface area contributed by atoms with Crippen LogP contribution < -0.4 is 5.32 Å². The molecule has 1 rings (SSSR count). The van der Waals surface area contributed by atoms with Gasteiger partial charge in [0.2, 0.25) is 0 Å². The van der Waals surface area contributed by atoms with Gasteiger partial charge < -0.3 is 5.32 Å². The molecule has 1 aromatic rings. The van der Waals surface area contributed by atoms with E-state index in [-0.39, 0.29) is 5.69 Å². The number of nitro groups is 1. The minimum absolute atomic E-state index is 0.0880. The Morgan fingerprint density at radius 2 is 2.20 bits per heavy atom. The Morgan fingerprint density at radius 3 is 2.67 bits per heavy atom. The van der Waals surface area contributed by atoms with E-state index >= 15 is 0 Å². The molecular formula is C10H15N3O2. The van der Waals surface area contributed by atoms with E-state index in [0.717, 1.165) is 12.1 Å². The zero-order chi connectivity index (χ0) is 11.4. The second-order valence-corrected chi connectivity index (χ2v) is 3.81. The van der Waals surface area contributed by atoms with Crippen LogP contribution >= 0.6 is 0 Å². The monoisotopic (exact) mass is 209 g/mol. The molecule has 0 aliphatic rings. The molecular weight excluding hydrogens is 194 g/mol. The number of pyridine rings is 1. The quantitative estimate of drug-likeness (QED) is 0.610. The highest BCUT2D eigenvalue weighted by molar-refractivity contribution is 5.46. The second-order valence-electron chi connectivity index (χ2n) is 3.81. The van der Waals surface area contributed by atoms with Gasteiger partial charge in [-0.15, -0.1) is 0 Å². The van der Waals surface area contributed by atoms with Crippen molar-refractivity contribution in [1.29, 1.82) is 0 Å². The number of nitrogens with zero attached hydrogens (tertiary/aromatic N) is 2. The molecule has 0 spiro atoms. The maximum Gasteiger partial charge on any atom is 0.274 e. The third-order valence-electron chi connectivity index (χ3n) is 1.95. The minimum Gasteiger partial charge on any atom is -0.373 e. The lowest BCUT2D eigenvalue weighted by molar-refractivity contribution is -0.384. The van der Waals surface area contributed by atoms with Gasteiger partial charge in [0.25, 0.3) is 5.69 Å². The van der Waals surface area contributed by atoms with Crippen LogP contribution in [0.5, 0.6) is 0 Å². The van der Waals surface area contributed by atoms with Crippen LogP contribution in [0.1, 0.15) is 19.5 Å². The summed E-state index contributed by atoms with van der Waals surface area (Å²) < 4.78 is 0. The summed E-state index contributed by atoms with van der Waals surface area (Å²) in [4.78, 5) is 14.5. The van der Waals surface area contributed by atoms with Crippen LogP contribution in [0, 0.1) is 16.0 Å². The first-order valence-electron chi connectivity index (χ1n) is 4.86. The van der Waals surface area contributed by atoms with Gasteiger partial charge >= 0.3 is 0 Å². The van der Waals surface area contributed by atoms with Crippen molar-refractivity contribution in [2.24, 2.45) is 5.92 Å². The second kappa shape index (κ2) is 4.72. The van der Waals surface area contributed by atoms with E-state index in [4.69, 9.17) is 0 Å². The molecule has 1 heterocycles. The van der Waals surface area contributed by atoms with Crippen molar-refractivity contribution in [3.8, 4) is 0 Å². The van der Waals surface area contributed by atoms with Crippen molar-refractivity contribution < 1.29 is 4.92 Å². The SMILES string of the molecule is CNc1cc([N+](=O)[O-])cc(CC(C)C)n1. The van der Waals surface area contributed by atoms with Crippen LogP contribution in [-0.2, 0) is 6.42 Å². The molecule has 0 aromatic carbocycles. The summed E-state index contributed by atoms with van der Waals surface area (Å²) in [7, 11) is 1.70.